The van der Waals surface area contributed by atoms with Gasteiger partial charge in [-0.1, -0.05) is 18.2 Å². The van der Waals surface area contributed by atoms with E-state index in [1.165, 1.54) is 0 Å². The average molecular weight is 286 g/mol. The standard InChI is InChI=1S/C17H22N2O2/c1-18-9-3-4-17(20)19-12-13-5-6-15-11-16(21-2)8-7-14(15)10-13/h5-8,10-11,18H,3-4,9,12H2,1-2H3,(H,19,20). The first-order chi connectivity index (χ1) is 10.2. The van der Waals surface area contributed by atoms with Crippen molar-refractivity contribution in [3.8, 4) is 5.75 Å². The zero-order valence-corrected chi connectivity index (χ0v) is 12.6. The van der Waals surface area contributed by atoms with Gasteiger partial charge in [0.15, 0.2) is 0 Å². The summed E-state index contributed by atoms with van der Waals surface area (Å²) in [5, 5.41) is 8.28. The normalized spacial score (nSPS) is 10.6. The van der Waals surface area contributed by atoms with Crippen molar-refractivity contribution >= 4 is 16.7 Å². The summed E-state index contributed by atoms with van der Waals surface area (Å²) < 4.78 is 5.22. The summed E-state index contributed by atoms with van der Waals surface area (Å²) >= 11 is 0. The number of rotatable bonds is 7. The van der Waals surface area contributed by atoms with Crippen LogP contribution in [-0.4, -0.2) is 26.6 Å². The first kappa shape index (κ1) is 15.3. The van der Waals surface area contributed by atoms with Crippen LogP contribution < -0.4 is 15.4 Å². The minimum Gasteiger partial charge on any atom is -0.497 e. The van der Waals surface area contributed by atoms with E-state index >= 15 is 0 Å². The van der Waals surface area contributed by atoms with Crippen molar-refractivity contribution in [1.29, 1.82) is 0 Å². The molecule has 0 aromatic heterocycles. The zero-order valence-electron chi connectivity index (χ0n) is 12.6. The van der Waals surface area contributed by atoms with Crippen LogP contribution in [0.1, 0.15) is 18.4 Å². The average Bonchev–Trinajstić information content (AvgIpc) is 2.52. The van der Waals surface area contributed by atoms with E-state index in [1.54, 1.807) is 7.11 Å². The molecule has 0 bridgehead atoms. The third-order valence-corrected chi connectivity index (χ3v) is 3.43. The van der Waals surface area contributed by atoms with E-state index < -0.39 is 0 Å². The molecule has 0 aliphatic carbocycles. The lowest BCUT2D eigenvalue weighted by Crippen LogP contribution is -2.23. The van der Waals surface area contributed by atoms with Crippen LogP contribution in [0, 0.1) is 0 Å². The van der Waals surface area contributed by atoms with E-state index in [2.05, 4.69) is 22.8 Å². The SMILES string of the molecule is CNCCCC(=O)NCc1ccc2cc(OC)ccc2c1. The molecule has 0 heterocycles. The number of amides is 1. The van der Waals surface area contributed by atoms with Gasteiger partial charge in [-0.3, -0.25) is 4.79 Å². The monoisotopic (exact) mass is 286 g/mol. The minimum atomic E-state index is 0.0973. The summed E-state index contributed by atoms with van der Waals surface area (Å²) in [7, 11) is 3.56. The quantitative estimate of drug-likeness (QED) is 0.769. The largest absolute Gasteiger partial charge is 0.497 e. The fraction of sp³-hybridized carbons (Fsp3) is 0.353. The van der Waals surface area contributed by atoms with Gasteiger partial charge in [0, 0.05) is 13.0 Å². The Morgan fingerprint density at radius 3 is 2.67 bits per heavy atom. The number of carbonyl (C=O) groups is 1. The first-order valence-electron chi connectivity index (χ1n) is 7.21. The summed E-state index contributed by atoms with van der Waals surface area (Å²) in [5.41, 5.74) is 1.11. The third kappa shape index (κ3) is 4.46. The molecule has 0 saturated heterocycles. The number of benzene rings is 2. The molecule has 0 aliphatic rings. The molecule has 1 amide bonds. The van der Waals surface area contributed by atoms with Gasteiger partial charge in [0.1, 0.15) is 5.75 Å². The van der Waals surface area contributed by atoms with Crippen LogP contribution >= 0.6 is 0 Å². The maximum Gasteiger partial charge on any atom is 0.220 e. The molecule has 112 valence electrons. The van der Waals surface area contributed by atoms with Gasteiger partial charge in [-0.15, -0.1) is 0 Å². The molecule has 4 heteroatoms. The molecular weight excluding hydrogens is 264 g/mol. The molecule has 0 unspecified atom stereocenters. The fourth-order valence-corrected chi connectivity index (χ4v) is 2.22. The van der Waals surface area contributed by atoms with E-state index in [9.17, 15) is 4.79 Å². The molecule has 21 heavy (non-hydrogen) atoms. The Morgan fingerprint density at radius 2 is 1.90 bits per heavy atom. The second-order valence-corrected chi connectivity index (χ2v) is 5.03. The second kappa shape index (κ2) is 7.64. The molecule has 0 spiro atoms. The highest BCUT2D eigenvalue weighted by molar-refractivity contribution is 5.84. The predicted molar refractivity (Wildman–Crippen MR) is 85.5 cm³/mol. The van der Waals surface area contributed by atoms with Gasteiger partial charge >= 0.3 is 0 Å². The van der Waals surface area contributed by atoms with Crippen molar-refractivity contribution in [2.24, 2.45) is 0 Å². The Hall–Kier alpha value is -2.07. The maximum absolute atomic E-state index is 11.7. The van der Waals surface area contributed by atoms with E-state index in [0.29, 0.717) is 13.0 Å². The second-order valence-electron chi connectivity index (χ2n) is 5.03. The van der Waals surface area contributed by atoms with Crippen molar-refractivity contribution < 1.29 is 9.53 Å². The predicted octanol–water partition coefficient (Wildman–Crippen LogP) is 2.46. The van der Waals surface area contributed by atoms with Gasteiger partial charge < -0.3 is 15.4 Å². The smallest absolute Gasteiger partial charge is 0.220 e. The summed E-state index contributed by atoms with van der Waals surface area (Å²) in [6, 6.07) is 12.2. The van der Waals surface area contributed by atoms with E-state index in [0.717, 1.165) is 35.1 Å². The molecule has 0 aliphatic heterocycles. The van der Waals surface area contributed by atoms with Gasteiger partial charge in [0.05, 0.1) is 7.11 Å². The van der Waals surface area contributed by atoms with Gasteiger partial charge in [-0.25, -0.2) is 0 Å². The van der Waals surface area contributed by atoms with E-state index in [4.69, 9.17) is 4.74 Å². The lowest BCUT2D eigenvalue weighted by Gasteiger charge is -2.07. The summed E-state index contributed by atoms with van der Waals surface area (Å²) in [6.45, 7) is 1.44. The number of nitrogens with one attached hydrogen (secondary N) is 2. The van der Waals surface area contributed by atoms with Gasteiger partial charge in [0.2, 0.25) is 5.91 Å². The van der Waals surface area contributed by atoms with Crippen LogP contribution in [0.3, 0.4) is 0 Å². The Balaban J connectivity index is 1.95. The van der Waals surface area contributed by atoms with Crippen LogP contribution in [0.15, 0.2) is 36.4 Å². The molecule has 4 nitrogen and oxygen atoms in total. The Labute approximate surface area is 125 Å². The van der Waals surface area contributed by atoms with Crippen LogP contribution in [-0.2, 0) is 11.3 Å². The third-order valence-electron chi connectivity index (χ3n) is 3.43. The van der Waals surface area contributed by atoms with Gasteiger partial charge in [0.25, 0.3) is 0 Å². The van der Waals surface area contributed by atoms with Crippen LogP contribution in [0.5, 0.6) is 5.75 Å². The van der Waals surface area contributed by atoms with Gasteiger partial charge in [-0.05, 0) is 54.5 Å². The molecule has 2 N–H and O–H groups in total. The Bertz CT molecular complexity index is 611. The highest BCUT2D eigenvalue weighted by Crippen LogP contribution is 2.21. The Kier molecular flexibility index (Phi) is 5.58. The topological polar surface area (TPSA) is 50.4 Å². The summed E-state index contributed by atoms with van der Waals surface area (Å²) in [6.07, 6.45) is 1.42. The van der Waals surface area contributed by atoms with Crippen molar-refractivity contribution in [3.05, 3.63) is 42.0 Å². The number of hydrogen-bond acceptors (Lipinski definition) is 3. The molecule has 0 radical (unpaired) electrons. The summed E-state index contributed by atoms with van der Waals surface area (Å²) in [5.74, 6) is 0.952. The number of methoxy groups -OCH3 is 1. The number of ether oxygens (including phenoxy) is 1. The van der Waals surface area contributed by atoms with Crippen molar-refractivity contribution in [2.45, 2.75) is 19.4 Å². The highest BCUT2D eigenvalue weighted by atomic mass is 16.5. The summed E-state index contributed by atoms with van der Waals surface area (Å²) in [4.78, 5) is 11.7. The Morgan fingerprint density at radius 1 is 1.14 bits per heavy atom. The van der Waals surface area contributed by atoms with Crippen molar-refractivity contribution in [2.75, 3.05) is 20.7 Å². The number of hydrogen-bond donors (Lipinski definition) is 2. The molecule has 0 fully saturated rings. The number of fused-ring (bicyclic) bond motifs is 1. The van der Waals surface area contributed by atoms with Crippen molar-refractivity contribution in [1.82, 2.24) is 10.6 Å². The molecule has 2 aromatic rings. The van der Waals surface area contributed by atoms with Crippen LogP contribution in [0.2, 0.25) is 0 Å². The first-order valence-corrected chi connectivity index (χ1v) is 7.21. The fourth-order valence-electron chi connectivity index (χ4n) is 2.22. The minimum absolute atomic E-state index is 0.0973. The van der Waals surface area contributed by atoms with Crippen molar-refractivity contribution in [3.63, 3.8) is 0 Å². The maximum atomic E-state index is 11.7. The number of carbonyl (C=O) groups excluding carboxylic acids is 1. The lowest BCUT2D eigenvalue weighted by molar-refractivity contribution is -0.121. The van der Waals surface area contributed by atoms with Crippen LogP contribution in [0.4, 0.5) is 0 Å². The molecule has 0 atom stereocenters. The molecular formula is C17H22N2O2. The molecule has 2 aromatic carbocycles. The van der Waals surface area contributed by atoms with E-state index in [-0.39, 0.29) is 5.91 Å². The lowest BCUT2D eigenvalue weighted by atomic mass is 10.1. The molecule has 2 rings (SSSR count). The molecule has 0 saturated carbocycles. The van der Waals surface area contributed by atoms with Crippen LogP contribution in [0.25, 0.3) is 10.8 Å². The van der Waals surface area contributed by atoms with Gasteiger partial charge in [-0.2, -0.15) is 0 Å². The van der Waals surface area contributed by atoms with E-state index in [1.807, 2.05) is 31.3 Å². The zero-order chi connectivity index (χ0) is 15.1. The highest BCUT2D eigenvalue weighted by Gasteiger charge is 2.02.